The Hall–Kier alpha value is -2.17. The standard InChI is InChI=1S/C11H10N2O3/c14-7-12-8-1-3-9(4-2-8)13-10(15)5-6-11(13)16/h1-4,7H,5-6H2,(H,12,14). The third-order valence-electron chi connectivity index (χ3n) is 2.40. The van der Waals surface area contributed by atoms with Crippen LogP contribution >= 0.6 is 0 Å². The van der Waals surface area contributed by atoms with Crippen LogP contribution in [0.1, 0.15) is 12.8 Å². The normalized spacial score (nSPS) is 15.4. The average molecular weight is 218 g/mol. The van der Waals surface area contributed by atoms with Gasteiger partial charge in [0.1, 0.15) is 0 Å². The van der Waals surface area contributed by atoms with Crippen molar-refractivity contribution in [3.63, 3.8) is 0 Å². The summed E-state index contributed by atoms with van der Waals surface area (Å²) >= 11 is 0. The SMILES string of the molecule is O=CNc1ccc(N2C(=O)CCC2=O)cc1. The topological polar surface area (TPSA) is 66.5 Å². The summed E-state index contributed by atoms with van der Waals surface area (Å²) in [5.74, 6) is -0.359. The van der Waals surface area contributed by atoms with Crippen molar-refractivity contribution in [1.29, 1.82) is 0 Å². The Bertz CT molecular complexity index is 423. The van der Waals surface area contributed by atoms with Gasteiger partial charge in [0.2, 0.25) is 18.2 Å². The van der Waals surface area contributed by atoms with Crippen molar-refractivity contribution >= 4 is 29.6 Å². The number of benzene rings is 1. The third-order valence-corrected chi connectivity index (χ3v) is 2.40. The Morgan fingerprint density at radius 2 is 1.62 bits per heavy atom. The van der Waals surface area contributed by atoms with Crippen LogP contribution in [0.2, 0.25) is 0 Å². The smallest absolute Gasteiger partial charge is 0.234 e. The zero-order valence-corrected chi connectivity index (χ0v) is 8.47. The molecule has 5 nitrogen and oxygen atoms in total. The molecule has 1 aromatic rings. The van der Waals surface area contributed by atoms with Crippen LogP contribution in [0, 0.1) is 0 Å². The molecule has 0 spiro atoms. The first-order valence-electron chi connectivity index (χ1n) is 4.88. The molecule has 1 aliphatic rings. The van der Waals surface area contributed by atoms with E-state index in [1.807, 2.05) is 0 Å². The molecular formula is C11H10N2O3. The highest BCUT2D eigenvalue weighted by Crippen LogP contribution is 2.23. The molecule has 0 aromatic heterocycles. The molecule has 82 valence electrons. The third kappa shape index (κ3) is 1.79. The fraction of sp³-hybridized carbons (Fsp3) is 0.182. The van der Waals surface area contributed by atoms with Gasteiger partial charge in [-0.05, 0) is 24.3 Å². The Balaban J connectivity index is 2.24. The minimum absolute atomic E-state index is 0.180. The van der Waals surface area contributed by atoms with Crippen LogP contribution in [0.15, 0.2) is 24.3 Å². The quantitative estimate of drug-likeness (QED) is 0.605. The molecule has 1 saturated heterocycles. The molecule has 3 amide bonds. The molecular weight excluding hydrogens is 208 g/mol. The van der Waals surface area contributed by atoms with Crippen LogP contribution in [0.4, 0.5) is 11.4 Å². The Morgan fingerprint density at radius 1 is 1.06 bits per heavy atom. The van der Waals surface area contributed by atoms with Crippen LogP contribution < -0.4 is 10.2 Å². The molecule has 1 heterocycles. The highest BCUT2D eigenvalue weighted by Gasteiger charge is 2.29. The lowest BCUT2D eigenvalue weighted by Gasteiger charge is -2.13. The maximum Gasteiger partial charge on any atom is 0.234 e. The summed E-state index contributed by atoms with van der Waals surface area (Å²) in [5.41, 5.74) is 1.17. The number of hydrogen-bond donors (Lipinski definition) is 1. The van der Waals surface area contributed by atoms with Crippen LogP contribution in [0.25, 0.3) is 0 Å². The molecule has 0 atom stereocenters. The number of amides is 3. The highest BCUT2D eigenvalue weighted by atomic mass is 16.2. The van der Waals surface area contributed by atoms with Gasteiger partial charge in [-0.15, -0.1) is 0 Å². The molecule has 1 aromatic carbocycles. The summed E-state index contributed by atoms with van der Waals surface area (Å²) in [6.07, 6.45) is 1.11. The number of hydrogen-bond acceptors (Lipinski definition) is 3. The molecule has 1 N–H and O–H groups in total. The number of rotatable bonds is 3. The Kier molecular flexibility index (Phi) is 2.68. The number of nitrogens with zero attached hydrogens (tertiary/aromatic N) is 1. The first-order chi connectivity index (χ1) is 7.72. The average Bonchev–Trinajstić information content (AvgIpc) is 2.61. The van der Waals surface area contributed by atoms with E-state index in [-0.39, 0.29) is 24.7 Å². The molecule has 1 fully saturated rings. The molecule has 0 radical (unpaired) electrons. The van der Waals surface area contributed by atoms with Gasteiger partial charge in [-0.3, -0.25) is 19.3 Å². The van der Waals surface area contributed by atoms with Gasteiger partial charge >= 0.3 is 0 Å². The van der Waals surface area contributed by atoms with E-state index in [0.29, 0.717) is 17.8 Å². The van der Waals surface area contributed by atoms with Gasteiger partial charge in [0.15, 0.2) is 0 Å². The van der Waals surface area contributed by atoms with Crippen molar-refractivity contribution in [2.75, 3.05) is 10.2 Å². The molecule has 16 heavy (non-hydrogen) atoms. The molecule has 0 unspecified atom stereocenters. The van der Waals surface area contributed by atoms with Crippen molar-refractivity contribution in [2.45, 2.75) is 12.8 Å². The van der Waals surface area contributed by atoms with E-state index in [9.17, 15) is 14.4 Å². The van der Waals surface area contributed by atoms with Gasteiger partial charge in [-0.25, -0.2) is 0 Å². The lowest BCUT2D eigenvalue weighted by Crippen LogP contribution is -2.28. The molecule has 1 aliphatic heterocycles. The first kappa shape index (κ1) is 10.4. The van der Waals surface area contributed by atoms with Gasteiger partial charge in [-0.2, -0.15) is 0 Å². The number of carbonyl (C=O) groups excluding carboxylic acids is 3. The maximum atomic E-state index is 11.4. The summed E-state index contributed by atoms with van der Waals surface area (Å²) < 4.78 is 0. The van der Waals surface area contributed by atoms with Crippen molar-refractivity contribution in [3.05, 3.63) is 24.3 Å². The second-order valence-electron chi connectivity index (χ2n) is 3.43. The minimum atomic E-state index is -0.180. The van der Waals surface area contributed by atoms with Crippen LogP contribution in [-0.2, 0) is 14.4 Å². The van der Waals surface area contributed by atoms with Gasteiger partial charge < -0.3 is 5.32 Å². The molecule has 0 bridgehead atoms. The summed E-state index contributed by atoms with van der Waals surface area (Å²) in [6.45, 7) is 0. The largest absolute Gasteiger partial charge is 0.329 e. The van der Waals surface area contributed by atoms with E-state index in [0.717, 1.165) is 0 Å². The van der Waals surface area contributed by atoms with Crippen molar-refractivity contribution in [3.8, 4) is 0 Å². The predicted octanol–water partition coefficient (Wildman–Crippen LogP) is 0.908. The predicted molar refractivity (Wildman–Crippen MR) is 57.9 cm³/mol. The summed E-state index contributed by atoms with van der Waals surface area (Å²) in [6, 6.07) is 6.55. The first-order valence-corrected chi connectivity index (χ1v) is 4.88. The van der Waals surface area contributed by atoms with Gasteiger partial charge in [-0.1, -0.05) is 0 Å². The number of imide groups is 1. The summed E-state index contributed by atoms with van der Waals surface area (Å²) in [4.78, 5) is 34.2. The van der Waals surface area contributed by atoms with Crippen LogP contribution in [0.5, 0.6) is 0 Å². The zero-order chi connectivity index (χ0) is 11.5. The molecule has 2 rings (SSSR count). The lowest BCUT2D eigenvalue weighted by molar-refractivity contribution is -0.121. The molecule has 0 saturated carbocycles. The van der Waals surface area contributed by atoms with E-state index in [4.69, 9.17) is 0 Å². The van der Waals surface area contributed by atoms with Crippen LogP contribution in [0.3, 0.4) is 0 Å². The van der Waals surface area contributed by atoms with E-state index >= 15 is 0 Å². The zero-order valence-electron chi connectivity index (χ0n) is 8.47. The fourth-order valence-corrected chi connectivity index (χ4v) is 1.64. The summed E-state index contributed by atoms with van der Waals surface area (Å²) in [7, 11) is 0. The monoisotopic (exact) mass is 218 g/mol. The molecule has 5 heteroatoms. The highest BCUT2D eigenvalue weighted by molar-refractivity contribution is 6.19. The Labute approximate surface area is 92.0 Å². The van der Waals surface area contributed by atoms with Gasteiger partial charge in [0.05, 0.1) is 5.69 Å². The number of carbonyl (C=O) groups is 3. The second kappa shape index (κ2) is 4.14. The Morgan fingerprint density at radius 3 is 2.12 bits per heavy atom. The number of nitrogens with one attached hydrogen (secondary N) is 1. The summed E-state index contributed by atoms with van der Waals surface area (Å²) in [5, 5.41) is 2.48. The van der Waals surface area contributed by atoms with E-state index in [1.165, 1.54) is 4.90 Å². The van der Waals surface area contributed by atoms with Crippen LogP contribution in [-0.4, -0.2) is 18.2 Å². The van der Waals surface area contributed by atoms with Crippen molar-refractivity contribution in [1.82, 2.24) is 0 Å². The van der Waals surface area contributed by atoms with Crippen molar-refractivity contribution in [2.24, 2.45) is 0 Å². The van der Waals surface area contributed by atoms with E-state index in [1.54, 1.807) is 24.3 Å². The lowest BCUT2D eigenvalue weighted by atomic mass is 10.2. The minimum Gasteiger partial charge on any atom is -0.329 e. The van der Waals surface area contributed by atoms with E-state index in [2.05, 4.69) is 5.32 Å². The second-order valence-corrected chi connectivity index (χ2v) is 3.43. The number of anilines is 2. The van der Waals surface area contributed by atoms with Gasteiger partial charge in [0.25, 0.3) is 0 Å². The van der Waals surface area contributed by atoms with Crippen molar-refractivity contribution < 1.29 is 14.4 Å². The van der Waals surface area contributed by atoms with Gasteiger partial charge in [0, 0.05) is 18.5 Å². The molecule has 0 aliphatic carbocycles. The van der Waals surface area contributed by atoms with E-state index < -0.39 is 0 Å². The maximum absolute atomic E-state index is 11.4. The fourth-order valence-electron chi connectivity index (χ4n) is 1.64.